The third-order valence-corrected chi connectivity index (χ3v) is 3.70. The molecule has 1 atom stereocenters. The number of carbonyl (C=O) groups is 2. The Bertz CT molecular complexity index is 540. The van der Waals surface area contributed by atoms with E-state index in [1.165, 1.54) is 4.90 Å². The lowest BCUT2D eigenvalue weighted by molar-refractivity contribution is -0.118. The molecule has 1 aromatic carbocycles. The van der Waals surface area contributed by atoms with Crippen molar-refractivity contribution in [3.63, 3.8) is 0 Å². The fourth-order valence-corrected chi connectivity index (χ4v) is 2.57. The molecule has 1 aliphatic heterocycles. The van der Waals surface area contributed by atoms with Gasteiger partial charge in [0.2, 0.25) is 0 Å². The number of urea groups is 1. The number of imide groups is 1. The number of rotatable bonds is 2. The minimum atomic E-state index is -0.340. The standard InChI is InChI=1S/C13H13ClN2O2/c1-7-6-9(14)4-5-10(7)16-12(17)11(8-2-3-8)15-13(16)18/h4-6,8,11H,2-3H2,1H3,(H,15,18)/t11-/m1/s1. The Morgan fingerprint density at radius 2 is 2.06 bits per heavy atom. The molecule has 3 amide bonds. The molecule has 1 aliphatic carbocycles. The molecule has 4 nitrogen and oxygen atoms in total. The van der Waals surface area contributed by atoms with Gasteiger partial charge < -0.3 is 5.32 Å². The van der Waals surface area contributed by atoms with Crippen LogP contribution in [-0.2, 0) is 4.79 Å². The molecule has 2 aliphatic rings. The Balaban J connectivity index is 1.95. The normalized spacial score (nSPS) is 23.4. The smallest absolute Gasteiger partial charge is 0.325 e. The van der Waals surface area contributed by atoms with Crippen LogP contribution in [0.25, 0.3) is 0 Å². The largest absolute Gasteiger partial charge is 0.329 e. The number of hydrogen-bond acceptors (Lipinski definition) is 2. The minimum Gasteiger partial charge on any atom is -0.325 e. The van der Waals surface area contributed by atoms with Crippen molar-refractivity contribution in [1.29, 1.82) is 0 Å². The molecule has 5 heteroatoms. The first-order chi connectivity index (χ1) is 8.58. The van der Waals surface area contributed by atoms with Crippen LogP contribution in [0.2, 0.25) is 5.02 Å². The molecular weight excluding hydrogens is 252 g/mol. The van der Waals surface area contributed by atoms with Gasteiger partial charge in [-0.05, 0) is 49.4 Å². The Labute approximate surface area is 110 Å². The molecule has 94 valence electrons. The van der Waals surface area contributed by atoms with Gasteiger partial charge in [0.25, 0.3) is 5.91 Å². The molecular formula is C13H13ClN2O2. The van der Waals surface area contributed by atoms with Gasteiger partial charge >= 0.3 is 6.03 Å². The second kappa shape index (κ2) is 3.99. The maximum absolute atomic E-state index is 12.2. The molecule has 1 saturated heterocycles. The molecule has 2 fully saturated rings. The van der Waals surface area contributed by atoms with Crippen LogP contribution in [0.4, 0.5) is 10.5 Å². The van der Waals surface area contributed by atoms with Crippen molar-refractivity contribution in [2.75, 3.05) is 4.90 Å². The van der Waals surface area contributed by atoms with Crippen molar-refractivity contribution in [2.45, 2.75) is 25.8 Å². The van der Waals surface area contributed by atoms with Gasteiger partial charge in [-0.3, -0.25) is 4.79 Å². The van der Waals surface area contributed by atoms with E-state index in [1.54, 1.807) is 18.2 Å². The zero-order valence-corrected chi connectivity index (χ0v) is 10.7. The van der Waals surface area contributed by atoms with E-state index in [-0.39, 0.29) is 18.0 Å². The Hall–Kier alpha value is -1.55. The zero-order chi connectivity index (χ0) is 12.9. The molecule has 1 N–H and O–H groups in total. The fourth-order valence-electron chi connectivity index (χ4n) is 2.35. The molecule has 1 aromatic rings. The number of amides is 3. The number of aryl methyl sites for hydroxylation is 1. The van der Waals surface area contributed by atoms with Crippen LogP contribution in [0, 0.1) is 12.8 Å². The van der Waals surface area contributed by atoms with E-state index in [9.17, 15) is 9.59 Å². The maximum Gasteiger partial charge on any atom is 0.329 e. The van der Waals surface area contributed by atoms with Crippen LogP contribution in [0.3, 0.4) is 0 Å². The number of hydrogen-bond donors (Lipinski definition) is 1. The van der Waals surface area contributed by atoms with Crippen LogP contribution in [0.1, 0.15) is 18.4 Å². The van der Waals surface area contributed by atoms with Gasteiger partial charge in [0.1, 0.15) is 6.04 Å². The van der Waals surface area contributed by atoms with Crippen LogP contribution in [0.15, 0.2) is 18.2 Å². The Morgan fingerprint density at radius 3 is 2.67 bits per heavy atom. The van der Waals surface area contributed by atoms with Crippen LogP contribution < -0.4 is 10.2 Å². The number of benzene rings is 1. The van der Waals surface area contributed by atoms with Gasteiger partial charge in [0.15, 0.2) is 0 Å². The quantitative estimate of drug-likeness (QED) is 0.835. The maximum atomic E-state index is 12.2. The minimum absolute atomic E-state index is 0.145. The van der Waals surface area contributed by atoms with E-state index in [1.807, 2.05) is 6.92 Å². The monoisotopic (exact) mass is 264 g/mol. The first-order valence-electron chi connectivity index (χ1n) is 5.98. The summed E-state index contributed by atoms with van der Waals surface area (Å²) >= 11 is 5.88. The highest BCUT2D eigenvalue weighted by Crippen LogP contribution is 2.37. The van der Waals surface area contributed by atoms with Crippen LogP contribution in [-0.4, -0.2) is 18.0 Å². The molecule has 0 spiro atoms. The summed E-state index contributed by atoms with van der Waals surface area (Å²) in [6, 6.07) is 4.48. The molecule has 0 bridgehead atoms. The van der Waals surface area contributed by atoms with Gasteiger partial charge in [0.05, 0.1) is 5.69 Å². The summed E-state index contributed by atoms with van der Waals surface area (Å²) in [5.41, 5.74) is 1.44. The molecule has 0 aromatic heterocycles. The third-order valence-electron chi connectivity index (χ3n) is 3.46. The zero-order valence-electron chi connectivity index (χ0n) is 9.94. The number of anilines is 1. The van der Waals surface area contributed by atoms with Crippen LogP contribution >= 0.6 is 11.6 Å². The van der Waals surface area contributed by atoms with Crippen molar-refractivity contribution in [3.05, 3.63) is 28.8 Å². The summed E-state index contributed by atoms with van der Waals surface area (Å²) in [5.74, 6) is 0.173. The first-order valence-corrected chi connectivity index (χ1v) is 6.36. The van der Waals surface area contributed by atoms with E-state index in [4.69, 9.17) is 11.6 Å². The summed E-state index contributed by atoms with van der Waals surface area (Å²) in [7, 11) is 0. The summed E-state index contributed by atoms with van der Waals surface area (Å²) in [5, 5.41) is 3.36. The van der Waals surface area contributed by atoms with E-state index in [0.29, 0.717) is 16.6 Å². The van der Waals surface area contributed by atoms with Gasteiger partial charge in [-0.25, -0.2) is 9.69 Å². The summed E-state index contributed by atoms with van der Waals surface area (Å²) in [6.07, 6.45) is 2.04. The van der Waals surface area contributed by atoms with E-state index >= 15 is 0 Å². The molecule has 18 heavy (non-hydrogen) atoms. The van der Waals surface area contributed by atoms with Crippen molar-refractivity contribution in [2.24, 2.45) is 5.92 Å². The summed E-state index contributed by atoms with van der Waals surface area (Å²) < 4.78 is 0. The number of halogens is 1. The van der Waals surface area contributed by atoms with Gasteiger partial charge in [0, 0.05) is 5.02 Å². The lowest BCUT2D eigenvalue weighted by atomic mass is 10.1. The van der Waals surface area contributed by atoms with E-state index in [0.717, 1.165) is 18.4 Å². The van der Waals surface area contributed by atoms with Crippen molar-refractivity contribution in [3.8, 4) is 0 Å². The third kappa shape index (κ3) is 1.77. The van der Waals surface area contributed by atoms with Crippen molar-refractivity contribution in [1.82, 2.24) is 5.32 Å². The molecule has 1 saturated carbocycles. The highest BCUT2D eigenvalue weighted by atomic mass is 35.5. The summed E-state index contributed by atoms with van der Waals surface area (Å²) in [4.78, 5) is 25.4. The number of nitrogens with one attached hydrogen (secondary N) is 1. The molecule has 3 rings (SSSR count). The predicted octanol–water partition coefficient (Wildman–Crippen LogP) is 2.48. The fraction of sp³-hybridized carbons (Fsp3) is 0.385. The Kier molecular flexibility index (Phi) is 2.55. The van der Waals surface area contributed by atoms with E-state index < -0.39 is 0 Å². The van der Waals surface area contributed by atoms with Crippen molar-refractivity contribution < 1.29 is 9.59 Å². The van der Waals surface area contributed by atoms with Crippen LogP contribution in [0.5, 0.6) is 0 Å². The SMILES string of the molecule is Cc1cc(Cl)ccc1N1C(=O)N[C@H](C2CC2)C1=O. The number of carbonyl (C=O) groups excluding carboxylic acids is 2. The average Bonchev–Trinajstić information content (AvgIpc) is 3.09. The summed E-state index contributed by atoms with van der Waals surface area (Å²) in [6.45, 7) is 1.84. The lowest BCUT2D eigenvalue weighted by Gasteiger charge is -2.15. The van der Waals surface area contributed by atoms with Gasteiger partial charge in [-0.2, -0.15) is 0 Å². The van der Waals surface area contributed by atoms with Gasteiger partial charge in [-0.1, -0.05) is 11.6 Å². The molecule has 0 unspecified atom stereocenters. The highest BCUT2D eigenvalue weighted by molar-refractivity contribution is 6.31. The second-order valence-electron chi connectivity index (χ2n) is 4.87. The Morgan fingerprint density at radius 1 is 1.33 bits per heavy atom. The average molecular weight is 265 g/mol. The predicted molar refractivity (Wildman–Crippen MR) is 68.7 cm³/mol. The van der Waals surface area contributed by atoms with Gasteiger partial charge in [-0.15, -0.1) is 0 Å². The topological polar surface area (TPSA) is 49.4 Å². The second-order valence-corrected chi connectivity index (χ2v) is 5.31. The first kappa shape index (κ1) is 11.5. The van der Waals surface area contributed by atoms with E-state index in [2.05, 4.69) is 5.32 Å². The number of nitrogens with zero attached hydrogens (tertiary/aromatic N) is 1. The molecule has 1 heterocycles. The van der Waals surface area contributed by atoms with Crippen molar-refractivity contribution >= 4 is 29.2 Å². The molecule has 0 radical (unpaired) electrons. The lowest BCUT2D eigenvalue weighted by Crippen LogP contribution is -2.32. The highest BCUT2D eigenvalue weighted by Gasteiger charge is 2.47.